The quantitative estimate of drug-likeness (QED) is 0.00987. The van der Waals surface area contributed by atoms with E-state index in [0.29, 0.717) is 82.1 Å². The number of halogens is 2. The summed E-state index contributed by atoms with van der Waals surface area (Å²) in [6.45, 7) is 43.1. The van der Waals surface area contributed by atoms with Crippen molar-refractivity contribution in [3.8, 4) is 68.5 Å². The van der Waals surface area contributed by atoms with E-state index < -0.39 is 9.85 Å². The lowest BCUT2D eigenvalue weighted by molar-refractivity contribution is -0.384. The summed E-state index contributed by atoms with van der Waals surface area (Å²) in [7, 11) is 2.48. The fraction of sp³-hybridized carbons (Fsp3) is 0.386. The Labute approximate surface area is 879 Å². The minimum Gasteiger partial charge on any atom is -0.508 e. The summed E-state index contributed by atoms with van der Waals surface area (Å²) in [4.78, 5) is 51.8. The molecule has 10 N–H and O–H groups in total. The van der Waals surface area contributed by atoms with Crippen molar-refractivity contribution in [1.29, 1.82) is 0 Å². The molecule has 0 radical (unpaired) electrons. The van der Waals surface area contributed by atoms with Gasteiger partial charge in [0.25, 0.3) is 11.4 Å². The highest BCUT2D eigenvalue weighted by molar-refractivity contribution is 6.32. The first-order chi connectivity index (χ1) is 71.9. The highest BCUT2D eigenvalue weighted by Crippen LogP contribution is 2.44. The highest BCUT2D eigenvalue weighted by Gasteiger charge is 2.29. The largest absolute Gasteiger partial charge is 0.508 e. The molecule has 4 heterocycles. The first-order valence-corrected chi connectivity index (χ1v) is 51.5. The number of aromatic hydroxyl groups is 2. The number of nitro groups is 2. The van der Waals surface area contributed by atoms with Crippen molar-refractivity contribution in [3.63, 3.8) is 0 Å². The number of fused-ring (bicyclic) bond motifs is 3. The molecule has 10 aromatic carbocycles. The fourth-order valence-corrected chi connectivity index (χ4v) is 19.6. The number of ether oxygens (including phenoxy) is 3. The van der Waals surface area contributed by atoms with Crippen LogP contribution in [0.4, 0.5) is 56.9 Å². The number of nitrogens with two attached hydrogens (primary N) is 2. The molecule has 20 rings (SSSR count). The van der Waals surface area contributed by atoms with Gasteiger partial charge in [0, 0.05) is 105 Å². The lowest BCUT2D eigenvalue weighted by Crippen LogP contribution is -2.22. The van der Waals surface area contributed by atoms with Crippen molar-refractivity contribution < 1.29 is 43.7 Å². The van der Waals surface area contributed by atoms with E-state index in [0.717, 1.165) is 122 Å². The minimum absolute atomic E-state index is 0. The molecular formula is C114H136Cl2N22O10. The Hall–Kier alpha value is -15.5. The van der Waals surface area contributed by atoms with Crippen LogP contribution in [0.15, 0.2) is 211 Å². The molecular weight excluding hydrogens is 1910 g/mol. The van der Waals surface area contributed by atoms with Gasteiger partial charge < -0.3 is 65.3 Å². The van der Waals surface area contributed by atoms with Gasteiger partial charge in [-0.2, -0.15) is 5.21 Å². The molecule has 0 amide bonds. The molecule has 0 saturated heterocycles. The summed E-state index contributed by atoms with van der Waals surface area (Å²) < 4.78 is 27.0. The predicted molar refractivity (Wildman–Crippen MR) is 596 cm³/mol. The second kappa shape index (κ2) is 56.8. The summed E-state index contributed by atoms with van der Waals surface area (Å²) in [5.74, 6) is 6.07. The van der Waals surface area contributed by atoms with Gasteiger partial charge in [-0.3, -0.25) is 20.2 Å². The summed E-state index contributed by atoms with van der Waals surface area (Å²) >= 11 is 10.7. The van der Waals surface area contributed by atoms with Crippen LogP contribution in [0.2, 0.25) is 5.02 Å². The average Bonchev–Trinajstić information content (AvgIpc) is 1.57. The van der Waals surface area contributed by atoms with Crippen LogP contribution >= 0.6 is 23.4 Å². The number of H-pyrrole nitrogens is 1. The smallest absolute Gasteiger partial charge is 0.282 e. The molecule has 776 valence electrons. The van der Waals surface area contributed by atoms with E-state index in [1.807, 2.05) is 107 Å². The molecule has 32 nitrogen and oxygen atoms in total. The van der Waals surface area contributed by atoms with Crippen molar-refractivity contribution in [3.05, 3.63) is 294 Å². The lowest BCUT2D eigenvalue weighted by Gasteiger charge is -2.25. The number of imidazole rings is 3. The molecule has 6 fully saturated rings. The molecule has 14 aromatic rings. The van der Waals surface area contributed by atoms with Gasteiger partial charge in [-0.15, -0.1) is 14.7 Å². The molecule has 0 bridgehead atoms. The van der Waals surface area contributed by atoms with Gasteiger partial charge in [-0.25, -0.2) is 39.2 Å². The summed E-state index contributed by atoms with van der Waals surface area (Å²) in [6.07, 6.45) is 37.7. The van der Waals surface area contributed by atoms with E-state index in [-0.39, 0.29) is 50.1 Å². The number of aromatic nitrogens is 10. The zero-order valence-electron chi connectivity index (χ0n) is 84.7. The summed E-state index contributed by atoms with van der Waals surface area (Å²) in [6, 6.07) is 64.8. The van der Waals surface area contributed by atoms with Gasteiger partial charge in [0.1, 0.15) is 51.2 Å². The molecule has 6 aliphatic carbocycles. The van der Waals surface area contributed by atoms with Crippen LogP contribution in [0.5, 0.6) is 23.0 Å². The Morgan fingerprint density at radius 2 is 0.791 bits per heavy atom. The Bertz CT molecular complexity index is 6920. The number of nitro benzene ring substituents is 2. The number of hydrogen-bond donors (Lipinski definition) is 8. The van der Waals surface area contributed by atoms with Gasteiger partial charge in [0.05, 0.1) is 101 Å². The van der Waals surface area contributed by atoms with Crippen LogP contribution in [0, 0.1) is 53.1 Å². The molecule has 6 saturated carbocycles. The molecule has 0 aliphatic heterocycles. The number of rotatable bonds is 18. The number of phenolic OH excluding ortho intramolecular Hbond substituents is 2. The van der Waals surface area contributed by atoms with Crippen LogP contribution in [0.1, 0.15) is 248 Å². The maximum Gasteiger partial charge on any atom is 0.282 e. The molecule has 0 unspecified atom stereocenters. The zero-order chi connectivity index (χ0) is 105. The van der Waals surface area contributed by atoms with E-state index in [9.17, 15) is 25.3 Å². The number of benzene rings is 10. The minimum atomic E-state index is -0.614. The zero-order valence-corrected chi connectivity index (χ0v) is 86.2. The number of nitrogen functional groups attached to an aromatic ring is 1. The monoisotopic (exact) mass is 2040 g/mol. The first kappa shape index (κ1) is 111. The van der Waals surface area contributed by atoms with E-state index in [2.05, 4.69) is 122 Å². The summed E-state index contributed by atoms with van der Waals surface area (Å²) in [5.41, 5.74) is 26.8. The van der Waals surface area contributed by atoms with Gasteiger partial charge in [0.2, 0.25) is 11.7 Å². The standard InChI is InChI=1S/C23H26N6O.C23H25N3O.C20H19N3O.C13H15N3O2.C13H17N3.C8H8ClNO2.C7H3ClN2O2.C6H13N.CH4O.3H2/c1-15(2)30-19-11-8-16(9-12-19)23-24-20-14-17(22-25-27-28-26-22)10-13-21(20)29(23)18-6-4-3-5-7-18;1-16(2)27-20-12-9-17(10-13-20)23-25-21-15-18(24-3)11-14-22(21)26(23)19-7-5-4-6-8-19;1-21-15-9-12-19-18(13-15)22-20(14-7-10-17(24)11-8-14)23(19)16-5-3-2-4-6-16;1-14-11-7-8-12(13(9-11)16(17)18)15-10-5-3-2-4-6-10;1-15-11-7-8-13(12(14)9-11)16-10-5-3-2-4-6-10;1-12-8(10-9)6-2-4-7(11)5-3-6;1-9-5-2-3-6(8)7(4-5)10(11)12;7-6-4-2-1-3-5-6;1-2;;;/h8-15,18H,3-7H2,1-2H3,(H,25,26,27,28);9-16,19H,4-8H2,1-2H3;7-13,16,24H,2-6H2;7-10,15H,2-6H2;7-10,16H,2-6,14H2;2-5,11H,1H3;2-4H;6H,1-5,7H2;2H,1H3;3*1H. The molecule has 148 heavy (non-hydrogen) atoms. The van der Waals surface area contributed by atoms with Gasteiger partial charge >= 0.3 is 0 Å². The maximum atomic E-state index is 11.0. The number of phenols is 2. The second-order valence-electron chi connectivity index (χ2n) is 37.7. The highest BCUT2D eigenvalue weighted by atomic mass is 35.5. The van der Waals surface area contributed by atoms with Gasteiger partial charge in [-0.1, -0.05) is 158 Å². The topological polar surface area (TPSA) is 393 Å². The van der Waals surface area contributed by atoms with E-state index in [4.69, 9.17) is 107 Å². The molecule has 0 spiro atoms. The van der Waals surface area contributed by atoms with Crippen molar-refractivity contribution >= 4 is 119 Å². The van der Waals surface area contributed by atoms with Gasteiger partial charge in [0.15, 0.2) is 28.4 Å². The van der Waals surface area contributed by atoms with Gasteiger partial charge in [-0.05, 0) is 274 Å². The third kappa shape index (κ3) is 31.5. The van der Waals surface area contributed by atoms with E-state index in [1.54, 1.807) is 42.5 Å². The van der Waals surface area contributed by atoms with Crippen molar-refractivity contribution in [2.24, 2.45) is 10.2 Å². The fourth-order valence-electron chi connectivity index (χ4n) is 19.3. The van der Waals surface area contributed by atoms with Crippen molar-refractivity contribution in [2.75, 3.05) is 30.6 Å². The van der Waals surface area contributed by atoms with Crippen molar-refractivity contribution in [1.82, 2.24) is 49.3 Å². The SMILES string of the molecule is CC(C)Oc1ccc(-c2nc3cc(-c4nn[nH]n4)ccc3n2C2CCCCC2)cc1.CO.COC(=NCl)c1ccc(O)cc1.NC1CCCCC1.[C-]#[N+]c1ccc(Cl)c([N+](=O)[O-])c1.[C-]#[N+]c1ccc(NC2CCCCC2)c(N)c1.[C-]#[N+]c1ccc(NC2CCCCC2)c([N+](=O)[O-])c1.[C-]#[N+]c1ccc2c(c1)nc(-c1ccc(O)cc1)n2C1CCCCC1.[C-]#[N+]c1ccc2c(c1)nc(-c1ccc(OC(C)C)cc1)n2C1CCCCC1.[HH].[HH].[HH]. The second-order valence-corrected chi connectivity index (χ2v) is 38.3. The van der Waals surface area contributed by atoms with Crippen molar-refractivity contribution in [2.45, 2.75) is 269 Å². The lowest BCUT2D eigenvalue weighted by atomic mass is 9.95. The van der Waals surface area contributed by atoms with E-state index in [1.165, 1.54) is 217 Å². The molecule has 34 heteroatoms. The average molecular weight is 2050 g/mol. The van der Waals surface area contributed by atoms with Crippen LogP contribution in [-0.4, -0.2) is 125 Å². The number of tetrazole rings is 1. The first-order valence-electron chi connectivity index (χ1n) is 50.8. The Balaban J connectivity index is 0.000000196. The number of aliphatic hydroxyl groups excluding tert-OH is 1. The molecule has 0 atom stereocenters. The Morgan fingerprint density at radius 1 is 0.453 bits per heavy atom. The normalized spacial score (nSPS) is 15.0. The van der Waals surface area contributed by atoms with E-state index >= 15 is 0 Å². The third-order valence-corrected chi connectivity index (χ3v) is 27.0. The van der Waals surface area contributed by atoms with Crippen LogP contribution < -0.4 is 31.6 Å². The summed E-state index contributed by atoms with van der Waals surface area (Å²) in [5, 5.41) is 68.0. The number of aromatic amines is 1. The third-order valence-electron chi connectivity index (χ3n) is 26.5. The molecule has 4 aromatic heterocycles. The maximum absolute atomic E-state index is 11.0. The number of hydrogen-bond acceptors (Lipinski definition) is 21. The molecule has 6 aliphatic rings. The number of methoxy groups -OCH3 is 1. The Kier molecular flexibility index (Phi) is 42.7. The number of nitrogens with one attached hydrogen (secondary N) is 3. The Morgan fingerprint density at radius 3 is 1.16 bits per heavy atom. The number of anilines is 3. The van der Waals surface area contributed by atoms with Crippen LogP contribution in [0.3, 0.4) is 0 Å². The van der Waals surface area contributed by atoms with Crippen LogP contribution in [0.25, 0.3) is 103 Å². The number of aliphatic hydroxyl groups is 1. The van der Waals surface area contributed by atoms with Crippen LogP contribution in [-0.2, 0) is 4.74 Å². The number of nitrogens with zero attached hydrogens (tertiary/aromatic N) is 17. The predicted octanol–water partition coefficient (Wildman–Crippen LogP) is 31.0.